The third-order valence-electron chi connectivity index (χ3n) is 2.13. The van der Waals surface area contributed by atoms with Gasteiger partial charge in [0.2, 0.25) is 0 Å². The first-order valence-electron chi connectivity index (χ1n) is 4.67. The molecule has 2 nitrogen and oxygen atoms in total. The molecule has 16 heavy (non-hydrogen) atoms. The zero-order valence-corrected chi connectivity index (χ0v) is 11.3. The molecule has 0 fully saturated rings. The lowest BCUT2D eigenvalue weighted by molar-refractivity contribution is 0.621. The van der Waals surface area contributed by atoms with E-state index < -0.39 is 0 Å². The van der Waals surface area contributed by atoms with Gasteiger partial charge < -0.3 is 11.1 Å². The maximum absolute atomic E-state index is 13.3. The second-order valence-electron chi connectivity index (χ2n) is 3.29. The summed E-state index contributed by atoms with van der Waals surface area (Å²) >= 11 is 3.58. The van der Waals surface area contributed by atoms with E-state index in [4.69, 9.17) is 5.73 Å². The van der Waals surface area contributed by atoms with Crippen molar-refractivity contribution in [3.05, 3.63) is 43.9 Å². The van der Waals surface area contributed by atoms with Crippen LogP contribution in [0.15, 0.2) is 29.6 Å². The number of anilines is 2. The van der Waals surface area contributed by atoms with Crippen molar-refractivity contribution in [2.24, 2.45) is 0 Å². The fraction of sp³-hybridized carbons (Fsp3) is 0.0909. The summed E-state index contributed by atoms with van der Waals surface area (Å²) in [5.41, 5.74) is 7.02. The molecule has 1 aromatic heterocycles. The fourth-order valence-electron chi connectivity index (χ4n) is 1.31. The van der Waals surface area contributed by atoms with Crippen molar-refractivity contribution < 1.29 is 4.39 Å². The number of halogens is 2. The molecule has 0 aliphatic rings. The van der Waals surface area contributed by atoms with Crippen LogP contribution in [0.5, 0.6) is 0 Å². The lowest BCUT2D eigenvalue weighted by atomic mass is 10.2. The van der Waals surface area contributed by atoms with Crippen molar-refractivity contribution in [1.29, 1.82) is 0 Å². The van der Waals surface area contributed by atoms with Gasteiger partial charge in [-0.2, -0.15) is 0 Å². The number of thiophene rings is 1. The molecule has 0 bridgehead atoms. The summed E-state index contributed by atoms with van der Waals surface area (Å²) in [6, 6.07) is 7.08. The van der Waals surface area contributed by atoms with E-state index in [1.165, 1.54) is 10.9 Å². The Balaban J connectivity index is 2.12. The molecule has 0 saturated heterocycles. The topological polar surface area (TPSA) is 38.0 Å². The van der Waals surface area contributed by atoms with Crippen LogP contribution in [0.3, 0.4) is 0 Å². The second-order valence-corrected chi connectivity index (χ2v) is 5.48. The second kappa shape index (κ2) is 5.01. The van der Waals surface area contributed by atoms with Gasteiger partial charge in [-0.25, -0.2) is 4.39 Å². The number of hydrogen-bond acceptors (Lipinski definition) is 3. The lowest BCUT2D eigenvalue weighted by Crippen LogP contribution is -2.02. The first kappa shape index (κ1) is 11.7. The molecule has 0 atom stereocenters. The molecule has 0 aliphatic carbocycles. The quantitative estimate of drug-likeness (QED) is 0.656. The smallest absolute Gasteiger partial charge is 0.138 e. The highest BCUT2D eigenvalue weighted by molar-refractivity contribution is 14.1. The van der Waals surface area contributed by atoms with Crippen molar-refractivity contribution in [1.82, 2.24) is 0 Å². The van der Waals surface area contributed by atoms with Crippen LogP contribution < -0.4 is 11.1 Å². The van der Waals surface area contributed by atoms with Crippen molar-refractivity contribution >= 4 is 45.3 Å². The molecule has 0 unspecified atom stereocenters. The van der Waals surface area contributed by atoms with Gasteiger partial charge in [0.05, 0.1) is 14.9 Å². The van der Waals surface area contributed by atoms with E-state index in [-0.39, 0.29) is 5.82 Å². The molecule has 0 saturated carbocycles. The largest absolute Gasteiger partial charge is 0.397 e. The van der Waals surface area contributed by atoms with E-state index in [2.05, 4.69) is 5.32 Å². The molecule has 5 heteroatoms. The van der Waals surface area contributed by atoms with Crippen molar-refractivity contribution in [3.8, 4) is 0 Å². The van der Waals surface area contributed by atoms with E-state index in [1.807, 2.05) is 40.1 Å². The Bertz CT molecular complexity index is 485. The predicted molar refractivity (Wildman–Crippen MR) is 75.2 cm³/mol. The Morgan fingerprint density at radius 3 is 2.94 bits per heavy atom. The number of nitrogens with two attached hydrogens (primary N) is 1. The van der Waals surface area contributed by atoms with Crippen LogP contribution in [0.2, 0.25) is 0 Å². The Kier molecular flexibility index (Phi) is 3.65. The van der Waals surface area contributed by atoms with Crippen LogP contribution in [0.4, 0.5) is 15.8 Å². The first-order chi connectivity index (χ1) is 7.66. The molecule has 0 amide bonds. The molecule has 1 aromatic carbocycles. The molecular formula is C11H10FIN2S. The zero-order valence-electron chi connectivity index (χ0n) is 8.34. The van der Waals surface area contributed by atoms with E-state index in [0.29, 0.717) is 21.5 Å². The highest BCUT2D eigenvalue weighted by Crippen LogP contribution is 2.24. The third-order valence-corrected chi connectivity index (χ3v) is 3.83. The van der Waals surface area contributed by atoms with Gasteiger partial charge >= 0.3 is 0 Å². The molecule has 0 radical (unpaired) electrons. The molecule has 2 aromatic rings. The maximum Gasteiger partial charge on any atom is 0.138 e. The van der Waals surface area contributed by atoms with Crippen LogP contribution in [0.1, 0.15) is 4.88 Å². The highest BCUT2D eigenvalue weighted by atomic mass is 127. The van der Waals surface area contributed by atoms with Crippen molar-refractivity contribution in [3.63, 3.8) is 0 Å². The average molecular weight is 348 g/mol. The Hall–Kier alpha value is -0.820. The minimum atomic E-state index is -0.247. The van der Waals surface area contributed by atoms with Gasteiger partial charge in [-0.3, -0.25) is 0 Å². The fourth-order valence-corrected chi connectivity index (χ4v) is 2.45. The number of nitrogen functional groups attached to an aromatic ring is 1. The van der Waals surface area contributed by atoms with Crippen molar-refractivity contribution in [2.45, 2.75) is 6.54 Å². The normalized spacial score (nSPS) is 10.4. The number of benzene rings is 1. The summed E-state index contributed by atoms with van der Waals surface area (Å²) in [7, 11) is 0. The summed E-state index contributed by atoms with van der Waals surface area (Å²) in [5, 5.41) is 5.13. The van der Waals surface area contributed by atoms with Gasteiger partial charge in [-0.15, -0.1) is 11.3 Å². The molecule has 0 aliphatic heterocycles. The van der Waals surface area contributed by atoms with Gasteiger partial charge in [-0.05, 0) is 40.1 Å². The van der Waals surface area contributed by atoms with Crippen LogP contribution in [-0.4, -0.2) is 0 Å². The van der Waals surface area contributed by atoms with Gasteiger partial charge in [0, 0.05) is 17.5 Å². The Labute approximate surface area is 111 Å². The molecular weight excluding hydrogens is 338 g/mol. The number of rotatable bonds is 3. The molecule has 3 N–H and O–H groups in total. The van der Waals surface area contributed by atoms with Crippen LogP contribution in [0, 0.1) is 9.39 Å². The van der Waals surface area contributed by atoms with Gasteiger partial charge in [-0.1, -0.05) is 6.07 Å². The minimum Gasteiger partial charge on any atom is -0.397 e. The third kappa shape index (κ3) is 2.65. The minimum absolute atomic E-state index is 0.247. The summed E-state index contributed by atoms with van der Waals surface area (Å²) in [6.45, 7) is 0.669. The SMILES string of the molecule is Nc1cc(I)c(F)cc1NCc1cccs1. The van der Waals surface area contributed by atoms with Crippen LogP contribution in [-0.2, 0) is 6.54 Å². The van der Waals surface area contributed by atoms with E-state index in [9.17, 15) is 4.39 Å². The van der Waals surface area contributed by atoms with Gasteiger partial charge in [0.25, 0.3) is 0 Å². The molecule has 84 valence electrons. The summed E-state index contributed by atoms with van der Waals surface area (Å²) in [6.07, 6.45) is 0. The number of hydrogen-bond donors (Lipinski definition) is 2. The van der Waals surface area contributed by atoms with Gasteiger partial charge in [0.1, 0.15) is 5.82 Å². The van der Waals surface area contributed by atoms with Gasteiger partial charge in [0.15, 0.2) is 0 Å². The summed E-state index contributed by atoms with van der Waals surface area (Å²) in [5.74, 6) is -0.247. The lowest BCUT2D eigenvalue weighted by Gasteiger charge is -2.09. The highest BCUT2D eigenvalue weighted by Gasteiger charge is 2.05. The van der Waals surface area contributed by atoms with Crippen molar-refractivity contribution in [2.75, 3.05) is 11.1 Å². The van der Waals surface area contributed by atoms with E-state index >= 15 is 0 Å². The maximum atomic E-state index is 13.3. The summed E-state index contributed by atoms with van der Waals surface area (Å²) in [4.78, 5) is 1.19. The monoisotopic (exact) mass is 348 g/mol. The van der Waals surface area contributed by atoms with E-state index in [1.54, 1.807) is 17.4 Å². The zero-order chi connectivity index (χ0) is 11.5. The van der Waals surface area contributed by atoms with Crippen LogP contribution in [0.25, 0.3) is 0 Å². The Morgan fingerprint density at radius 2 is 2.25 bits per heavy atom. The standard InChI is InChI=1S/C11H10FIN2S/c12-8-4-11(10(14)5-9(8)13)15-6-7-2-1-3-16-7/h1-5,15H,6,14H2. The van der Waals surface area contributed by atoms with E-state index in [0.717, 1.165) is 0 Å². The molecule has 1 heterocycles. The Morgan fingerprint density at radius 1 is 1.44 bits per heavy atom. The molecule has 0 spiro atoms. The number of nitrogens with one attached hydrogen (secondary N) is 1. The first-order valence-corrected chi connectivity index (χ1v) is 6.63. The molecule has 2 rings (SSSR count). The van der Waals surface area contributed by atoms with Crippen LogP contribution >= 0.6 is 33.9 Å². The average Bonchev–Trinajstić information content (AvgIpc) is 2.74. The predicted octanol–water partition coefficient (Wildman–Crippen LogP) is 3.69. The summed E-state index contributed by atoms with van der Waals surface area (Å²) < 4.78 is 13.9.